The predicted molar refractivity (Wildman–Crippen MR) is 175 cm³/mol. The van der Waals surface area contributed by atoms with Gasteiger partial charge in [0.05, 0.1) is 38.1 Å². The number of fused-ring (bicyclic) bond motifs is 1. The van der Waals surface area contributed by atoms with E-state index in [0.717, 1.165) is 35.7 Å². The van der Waals surface area contributed by atoms with Crippen LogP contribution in [0, 0.1) is 5.92 Å². The maximum absolute atomic E-state index is 14.2. The Morgan fingerprint density at radius 1 is 1.02 bits per heavy atom. The Balaban J connectivity index is 1.42. The molecule has 0 saturated heterocycles. The summed E-state index contributed by atoms with van der Waals surface area (Å²) in [6, 6.07) is 8.70. The molecule has 11 nitrogen and oxygen atoms in total. The third kappa shape index (κ3) is 8.11. The first-order valence-electron chi connectivity index (χ1n) is 15.9. The number of rotatable bonds is 13. The molecule has 3 aromatic rings. The molecular formula is C33H41F3N5O6P. The van der Waals surface area contributed by atoms with Crippen LogP contribution in [0.5, 0.6) is 5.75 Å². The lowest BCUT2D eigenvalue weighted by Crippen LogP contribution is -2.21. The summed E-state index contributed by atoms with van der Waals surface area (Å²) in [6.45, 7) is 5.07. The van der Waals surface area contributed by atoms with Crippen LogP contribution in [0.3, 0.4) is 0 Å². The smallest absolute Gasteiger partial charge is 0.421 e. The number of nitrogens with zero attached hydrogens (tertiary/aromatic N) is 3. The van der Waals surface area contributed by atoms with Crippen molar-refractivity contribution in [3.05, 3.63) is 64.3 Å². The fourth-order valence-electron chi connectivity index (χ4n) is 6.50. The van der Waals surface area contributed by atoms with Crippen LogP contribution >= 0.6 is 7.60 Å². The summed E-state index contributed by atoms with van der Waals surface area (Å²) in [6.07, 6.45) is -1.27. The average molecular weight is 692 g/mol. The van der Waals surface area contributed by atoms with Crippen LogP contribution in [0.1, 0.15) is 73.3 Å². The second kappa shape index (κ2) is 14.8. The number of aliphatic carboxylic acids is 1. The van der Waals surface area contributed by atoms with Crippen molar-refractivity contribution in [3.63, 3.8) is 0 Å². The van der Waals surface area contributed by atoms with Gasteiger partial charge in [-0.2, -0.15) is 18.2 Å². The van der Waals surface area contributed by atoms with Gasteiger partial charge in [-0.15, -0.1) is 0 Å². The number of nitrogens with one attached hydrogen (secondary N) is 2. The second-order valence-electron chi connectivity index (χ2n) is 12.1. The highest BCUT2D eigenvalue weighted by atomic mass is 31.2. The van der Waals surface area contributed by atoms with E-state index in [4.69, 9.17) is 13.8 Å². The lowest BCUT2D eigenvalue weighted by molar-refractivity contribution is -0.143. The number of benzene rings is 2. The highest BCUT2D eigenvalue weighted by Gasteiger charge is 2.37. The Labute approximate surface area is 277 Å². The molecule has 260 valence electrons. The monoisotopic (exact) mass is 691 g/mol. The van der Waals surface area contributed by atoms with Gasteiger partial charge in [0.1, 0.15) is 17.1 Å². The van der Waals surface area contributed by atoms with E-state index in [9.17, 15) is 27.6 Å². The van der Waals surface area contributed by atoms with Gasteiger partial charge >= 0.3 is 19.7 Å². The van der Waals surface area contributed by atoms with Gasteiger partial charge in [0.15, 0.2) is 0 Å². The minimum Gasteiger partial charge on any atom is -0.495 e. The summed E-state index contributed by atoms with van der Waals surface area (Å²) in [7, 11) is 0.00914. The van der Waals surface area contributed by atoms with Crippen LogP contribution in [-0.2, 0) is 43.8 Å². The number of anilines is 4. The van der Waals surface area contributed by atoms with E-state index in [1.807, 2.05) is 13.1 Å². The molecule has 1 aliphatic heterocycles. The summed E-state index contributed by atoms with van der Waals surface area (Å²) in [5.74, 6) is -1.07. The van der Waals surface area contributed by atoms with E-state index in [1.54, 1.807) is 38.1 Å². The highest BCUT2D eigenvalue weighted by Crippen LogP contribution is 2.52. The SMILES string of the molecule is CCOP(=O)(Cc1ccc(Nc2ncc(C(F)(F)F)c(Nc3ccc(C4CCC(C(=O)O)CC4)c4c3CN(C)C4)n2)c(OC)c1)OCC. The number of hydrogen-bond donors (Lipinski definition) is 3. The molecule has 0 bridgehead atoms. The van der Waals surface area contributed by atoms with Crippen LogP contribution in [0.2, 0.25) is 0 Å². The molecule has 48 heavy (non-hydrogen) atoms. The van der Waals surface area contributed by atoms with Crippen LogP contribution in [0.25, 0.3) is 0 Å². The number of carboxylic acids is 1. The number of alkyl halides is 3. The Bertz CT molecular complexity index is 1670. The first-order valence-corrected chi connectivity index (χ1v) is 17.7. The molecule has 1 aliphatic carbocycles. The molecule has 2 heterocycles. The number of halogens is 3. The van der Waals surface area contributed by atoms with Crippen LogP contribution < -0.4 is 15.4 Å². The summed E-state index contributed by atoms with van der Waals surface area (Å²) in [5, 5.41) is 15.3. The van der Waals surface area contributed by atoms with Gasteiger partial charge in [-0.05, 0) is 92.9 Å². The third-order valence-corrected chi connectivity index (χ3v) is 10.8. The molecule has 0 unspecified atom stereocenters. The lowest BCUT2D eigenvalue weighted by atomic mass is 9.77. The first kappa shape index (κ1) is 35.6. The number of hydrogen-bond acceptors (Lipinski definition) is 10. The fraction of sp³-hybridized carbons (Fsp3) is 0.485. The van der Waals surface area contributed by atoms with Gasteiger partial charge in [-0.25, -0.2) is 4.98 Å². The summed E-state index contributed by atoms with van der Waals surface area (Å²) < 4.78 is 71.9. The summed E-state index contributed by atoms with van der Waals surface area (Å²) >= 11 is 0. The number of ether oxygens (including phenoxy) is 1. The lowest BCUT2D eigenvalue weighted by Gasteiger charge is -2.28. The Hall–Kier alpha value is -3.71. The molecule has 0 atom stereocenters. The van der Waals surface area contributed by atoms with Crippen LogP contribution in [-0.4, -0.2) is 53.3 Å². The van der Waals surface area contributed by atoms with Gasteiger partial charge in [0.25, 0.3) is 0 Å². The minimum absolute atomic E-state index is 0.0120. The Kier molecular flexibility index (Phi) is 11.0. The van der Waals surface area contributed by atoms with E-state index in [1.165, 1.54) is 7.11 Å². The number of carboxylic acid groups (broad SMARTS) is 1. The van der Waals surface area contributed by atoms with Gasteiger partial charge in [0.2, 0.25) is 5.95 Å². The van der Waals surface area contributed by atoms with Crippen molar-refractivity contribution in [1.82, 2.24) is 14.9 Å². The zero-order chi connectivity index (χ0) is 34.6. The first-order chi connectivity index (χ1) is 22.8. The number of methoxy groups -OCH3 is 1. The largest absolute Gasteiger partial charge is 0.495 e. The standard InChI is InChI=1S/C33H41F3N5O6P/c1-5-46-48(44,47-6-2)19-20-7-13-28(29(15-20)45-4)39-32-37-16-26(33(34,35)36)30(40-32)38-27-14-12-23(24-17-41(3)18-25(24)27)21-8-10-22(11-9-21)31(42)43/h7,12-16,21-22H,5-6,8-11,17-19H2,1-4H3,(H,42,43)(H2,37,38,39,40). The molecule has 5 rings (SSSR count). The molecule has 2 aromatic carbocycles. The van der Waals surface area contributed by atoms with E-state index >= 15 is 0 Å². The van der Waals surface area contributed by atoms with E-state index < -0.39 is 31.1 Å². The van der Waals surface area contributed by atoms with E-state index in [2.05, 4.69) is 25.5 Å². The van der Waals surface area contributed by atoms with Gasteiger partial charge < -0.3 is 29.5 Å². The maximum Gasteiger partial charge on any atom is 0.421 e. The topological polar surface area (TPSA) is 135 Å². The zero-order valence-corrected chi connectivity index (χ0v) is 28.3. The number of aromatic nitrogens is 2. The second-order valence-corrected chi connectivity index (χ2v) is 14.1. The summed E-state index contributed by atoms with van der Waals surface area (Å²) in [4.78, 5) is 21.8. The normalized spacial score (nSPS) is 18.4. The van der Waals surface area contributed by atoms with E-state index in [0.29, 0.717) is 48.6 Å². The fourth-order valence-corrected chi connectivity index (χ4v) is 8.19. The molecular weight excluding hydrogens is 650 g/mol. The molecule has 0 spiro atoms. The Morgan fingerprint density at radius 3 is 2.31 bits per heavy atom. The average Bonchev–Trinajstić information content (AvgIpc) is 3.43. The van der Waals surface area contributed by atoms with Crippen LogP contribution in [0.4, 0.5) is 36.3 Å². The predicted octanol–water partition coefficient (Wildman–Crippen LogP) is 8.06. The van der Waals surface area contributed by atoms with Crippen molar-refractivity contribution in [1.29, 1.82) is 0 Å². The molecule has 1 saturated carbocycles. The molecule has 15 heteroatoms. The van der Waals surface area contributed by atoms with Crippen molar-refractivity contribution in [3.8, 4) is 5.75 Å². The summed E-state index contributed by atoms with van der Waals surface area (Å²) in [5.41, 5.74) is 3.58. The van der Waals surface area contributed by atoms with E-state index in [-0.39, 0.29) is 37.2 Å². The molecule has 0 amide bonds. The molecule has 3 N–H and O–H groups in total. The molecule has 1 fully saturated rings. The molecule has 0 radical (unpaired) electrons. The van der Waals surface area contributed by atoms with Gasteiger partial charge in [-0.1, -0.05) is 12.1 Å². The van der Waals surface area contributed by atoms with Crippen LogP contribution in [0.15, 0.2) is 36.5 Å². The van der Waals surface area contributed by atoms with Crippen molar-refractivity contribution in [2.24, 2.45) is 5.92 Å². The molecule has 2 aliphatic rings. The third-order valence-electron chi connectivity index (χ3n) is 8.73. The maximum atomic E-state index is 14.2. The zero-order valence-electron chi connectivity index (χ0n) is 27.4. The van der Waals surface area contributed by atoms with Gasteiger partial charge in [-0.3, -0.25) is 14.3 Å². The quantitative estimate of drug-likeness (QED) is 0.150. The van der Waals surface area contributed by atoms with Crippen molar-refractivity contribution in [2.45, 2.75) is 70.9 Å². The number of carbonyl (C=O) groups is 1. The van der Waals surface area contributed by atoms with Crippen molar-refractivity contribution < 1.29 is 41.4 Å². The van der Waals surface area contributed by atoms with Crippen molar-refractivity contribution in [2.75, 3.05) is 38.0 Å². The molecule has 1 aromatic heterocycles. The van der Waals surface area contributed by atoms with Gasteiger partial charge in [0, 0.05) is 25.0 Å². The minimum atomic E-state index is -4.72. The Morgan fingerprint density at radius 2 is 1.69 bits per heavy atom. The highest BCUT2D eigenvalue weighted by molar-refractivity contribution is 7.53. The van der Waals surface area contributed by atoms with Crippen molar-refractivity contribution >= 4 is 36.7 Å².